The fraction of sp³-hybridized carbons (Fsp3) is 0.600. The van der Waals surface area contributed by atoms with E-state index in [1.165, 1.54) is 38.4 Å². The molecule has 0 heterocycles. The molecule has 2 rings (SSSR count). The fourth-order valence-electron chi connectivity index (χ4n) is 2.67. The van der Waals surface area contributed by atoms with Crippen LogP contribution >= 0.6 is 0 Å². The van der Waals surface area contributed by atoms with E-state index in [2.05, 4.69) is 5.32 Å². The molecule has 1 aromatic carbocycles. The number of sulfone groups is 1. The Hall–Kier alpha value is -0.870. The van der Waals surface area contributed by atoms with Crippen LogP contribution in [-0.2, 0) is 16.4 Å². The van der Waals surface area contributed by atoms with Crippen molar-refractivity contribution in [3.63, 3.8) is 0 Å². The molecule has 1 saturated carbocycles. The molecule has 0 amide bonds. The van der Waals surface area contributed by atoms with Gasteiger partial charge in [0.1, 0.15) is 0 Å². The summed E-state index contributed by atoms with van der Waals surface area (Å²) in [7, 11) is -3.08. The number of rotatable bonds is 5. The minimum absolute atomic E-state index is 0.392. The minimum atomic E-state index is -3.08. The summed E-state index contributed by atoms with van der Waals surface area (Å²) in [5.41, 5.74) is 1.14. The predicted octanol–water partition coefficient (Wildman–Crippen LogP) is 2.76. The summed E-state index contributed by atoms with van der Waals surface area (Å²) in [6, 6.07) is 7.16. The quantitative estimate of drug-likeness (QED) is 0.902. The molecule has 1 N–H and O–H groups in total. The monoisotopic (exact) mass is 281 g/mol. The maximum atomic E-state index is 11.3. The van der Waals surface area contributed by atoms with E-state index in [-0.39, 0.29) is 0 Å². The highest BCUT2D eigenvalue weighted by Gasteiger charge is 2.12. The average molecular weight is 281 g/mol. The van der Waals surface area contributed by atoms with Crippen molar-refractivity contribution in [3.05, 3.63) is 29.8 Å². The van der Waals surface area contributed by atoms with Gasteiger partial charge in [0.15, 0.2) is 9.84 Å². The number of hydrogen-bond donors (Lipinski definition) is 1. The molecule has 4 heteroatoms. The lowest BCUT2D eigenvalue weighted by Crippen LogP contribution is -2.24. The molecule has 0 atom stereocenters. The van der Waals surface area contributed by atoms with E-state index in [0.29, 0.717) is 4.90 Å². The lowest BCUT2D eigenvalue weighted by atomic mass is 9.89. The summed E-state index contributed by atoms with van der Waals surface area (Å²) in [6.07, 6.45) is 8.07. The molecular formula is C15H23NO2S. The molecule has 0 bridgehead atoms. The molecule has 0 aromatic heterocycles. The number of hydrogen-bond acceptors (Lipinski definition) is 3. The van der Waals surface area contributed by atoms with Crippen molar-refractivity contribution in [2.45, 2.75) is 43.5 Å². The lowest BCUT2D eigenvalue weighted by molar-refractivity contribution is 0.342. The Morgan fingerprint density at radius 1 is 1.11 bits per heavy atom. The Morgan fingerprint density at radius 3 is 2.32 bits per heavy atom. The van der Waals surface area contributed by atoms with Crippen molar-refractivity contribution < 1.29 is 8.42 Å². The highest BCUT2D eigenvalue weighted by Crippen LogP contribution is 2.22. The van der Waals surface area contributed by atoms with Crippen LogP contribution in [0, 0.1) is 5.92 Å². The highest BCUT2D eigenvalue weighted by molar-refractivity contribution is 7.90. The molecule has 1 aliphatic carbocycles. The second-order valence-corrected chi connectivity index (χ2v) is 7.57. The zero-order valence-electron chi connectivity index (χ0n) is 11.6. The van der Waals surface area contributed by atoms with Crippen LogP contribution in [0.25, 0.3) is 0 Å². The molecule has 0 unspecified atom stereocenters. The van der Waals surface area contributed by atoms with Gasteiger partial charge in [-0.3, -0.25) is 0 Å². The second kappa shape index (κ2) is 6.53. The number of benzene rings is 1. The van der Waals surface area contributed by atoms with Gasteiger partial charge in [0.25, 0.3) is 0 Å². The Kier molecular flexibility index (Phi) is 4.99. The van der Waals surface area contributed by atoms with Crippen molar-refractivity contribution in [2.24, 2.45) is 5.92 Å². The molecule has 0 radical (unpaired) electrons. The third-order valence-corrected chi connectivity index (χ3v) is 4.97. The maximum absolute atomic E-state index is 11.3. The van der Waals surface area contributed by atoms with Crippen molar-refractivity contribution in [1.82, 2.24) is 5.32 Å². The van der Waals surface area contributed by atoms with Gasteiger partial charge in [-0.15, -0.1) is 0 Å². The molecule has 106 valence electrons. The third kappa shape index (κ3) is 4.62. The van der Waals surface area contributed by atoms with E-state index in [1.54, 1.807) is 12.1 Å². The molecule has 1 aromatic rings. The average Bonchev–Trinajstić information content (AvgIpc) is 2.39. The Balaban J connectivity index is 1.80. The molecule has 1 fully saturated rings. The smallest absolute Gasteiger partial charge is 0.175 e. The Bertz CT molecular complexity index is 487. The van der Waals surface area contributed by atoms with Crippen LogP contribution in [0.3, 0.4) is 0 Å². The zero-order chi connectivity index (χ0) is 13.7. The van der Waals surface area contributed by atoms with Crippen molar-refractivity contribution >= 4 is 9.84 Å². The Labute approximate surface area is 116 Å². The molecule has 3 nitrogen and oxygen atoms in total. The highest BCUT2D eigenvalue weighted by atomic mass is 32.2. The molecule has 0 saturated heterocycles. The van der Waals surface area contributed by atoms with E-state index in [1.807, 2.05) is 12.1 Å². The third-order valence-electron chi connectivity index (χ3n) is 3.84. The first-order valence-electron chi connectivity index (χ1n) is 7.05. The van der Waals surface area contributed by atoms with Gasteiger partial charge in [0.2, 0.25) is 0 Å². The van der Waals surface area contributed by atoms with E-state index < -0.39 is 9.84 Å². The van der Waals surface area contributed by atoms with Crippen LogP contribution in [0.15, 0.2) is 29.2 Å². The standard InChI is InChI=1S/C15H23NO2S/c1-19(17,18)15-9-7-14(8-10-15)12-16-11-13-5-3-2-4-6-13/h7-10,13,16H,2-6,11-12H2,1H3. The second-order valence-electron chi connectivity index (χ2n) is 5.55. The van der Waals surface area contributed by atoms with Crippen molar-refractivity contribution in [2.75, 3.05) is 12.8 Å². The van der Waals surface area contributed by atoms with Crippen molar-refractivity contribution in [3.8, 4) is 0 Å². The van der Waals surface area contributed by atoms with Crippen LogP contribution in [0.1, 0.15) is 37.7 Å². The van der Waals surface area contributed by atoms with Gasteiger partial charge in [-0.1, -0.05) is 31.4 Å². The van der Waals surface area contributed by atoms with Gasteiger partial charge in [-0.25, -0.2) is 8.42 Å². The van der Waals surface area contributed by atoms with Gasteiger partial charge in [-0.2, -0.15) is 0 Å². The van der Waals surface area contributed by atoms with E-state index in [9.17, 15) is 8.42 Å². The van der Waals surface area contributed by atoms with E-state index in [0.717, 1.165) is 24.6 Å². The predicted molar refractivity (Wildman–Crippen MR) is 77.8 cm³/mol. The molecule has 0 aliphatic heterocycles. The Morgan fingerprint density at radius 2 is 1.74 bits per heavy atom. The largest absolute Gasteiger partial charge is 0.312 e. The molecule has 19 heavy (non-hydrogen) atoms. The first-order chi connectivity index (χ1) is 9.05. The van der Waals surface area contributed by atoms with Crippen LogP contribution in [0.2, 0.25) is 0 Å². The van der Waals surface area contributed by atoms with Crippen LogP contribution < -0.4 is 5.32 Å². The SMILES string of the molecule is CS(=O)(=O)c1ccc(CNCC2CCCCC2)cc1. The fourth-order valence-corrected chi connectivity index (χ4v) is 3.30. The van der Waals surface area contributed by atoms with E-state index in [4.69, 9.17) is 0 Å². The van der Waals surface area contributed by atoms with Crippen LogP contribution in [0.4, 0.5) is 0 Å². The van der Waals surface area contributed by atoms with Gasteiger partial charge in [-0.05, 0) is 43.0 Å². The molecule has 0 spiro atoms. The van der Waals surface area contributed by atoms with Gasteiger partial charge in [0, 0.05) is 12.8 Å². The summed E-state index contributed by atoms with van der Waals surface area (Å²) in [5, 5.41) is 3.48. The van der Waals surface area contributed by atoms with Crippen LogP contribution in [-0.4, -0.2) is 21.2 Å². The zero-order valence-corrected chi connectivity index (χ0v) is 12.4. The summed E-state index contributed by atoms with van der Waals surface area (Å²) in [5.74, 6) is 0.823. The normalized spacial score (nSPS) is 17.5. The van der Waals surface area contributed by atoms with Gasteiger partial charge >= 0.3 is 0 Å². The first-order valence-corrected chi connectivity index (χ1v) is 8.94. The van der Waals surface area contributed by atoms with Crippen LogP contribution in [0.5, 0.6) is 0 Å². The molecular weight excluding hydrogens is 258 g/mol. The van der Waals surface area contributed by atoms with E-state index >= 15 is 0 Å². The minimum Gasteiger partial charge on any atom is -0.312 e. The topological polar surface area (TPSA) is 46.2 Å². The lowest BCUT2D eigenvalue weighted by Gasteiger charge is -2.21. The van der Waals surface area contributed by atoms with Gasteiger partial charge < -0.3 is 5.32 Å². The molecule has 1 aliphatic rings. The summed E-state index contributed by atoms with van der Waals surface area (Å²) in [6.45, 7) is 1.90. The van der Waals surface area contributed by atoms with Gasteiger partial charge in [0.05, 0.1) is 4.90 Å². The maximum Gasteiger partial charge on any atom is 0.175 e. The summed E-state index contributed by atoms with van der Waals surface area (Å²) in [4.78, 5) is 0.392. The number of nitrogens with one attached hydrogen (secondary N) is 1. The summed E-state index contributed by atoms with van der Waals surface area (Å²) >= 11 is 0. The first kappa shape index (κ1) is 14.5. The van der Waals surface area contributed by atoms with Crippen molar-refractivity contribution in [1.29, 1.82) is 0 Å². The summed E-state index contributed by atoms with van der Waals surface area (Å²) < 4.78 is 22.7.